The minimum atomic E-state index is 0.0903. The Kier molecular flexibility index (Phi) is 7.92. The van der Waals surface area contributed by atoms with Crippen LogP contribution in [0.15, 0.2) is 46.0 Å². The second-order valence-corrected chi connectivity index (χ2v) is 10.6. The Labute approximate surface area is 217 Å². The maximum absolute atomic E-state index is 12.3. The lowest BCUT2D eigenvalue weighted by atomic mass is 9.78. The molecule has 0 radical (unpaired) electrons. The molecule has 4 aromatic rings. The fraction of sp³-hybridized carbons (Fsp3) is 0.385. The van der Waals surface area contributed by atoms with Gasteiger partial charge in [-0.25, -0.2) is 9.97 Å². The van der Waals surface area contributed by atoms with Gasteiger partial charge in [0.2, 0.25) is 0 Å². The zero-order valence-electron chi connectivity index (χ0n) is 19.7. The maximum Gasteiger partial charge on any atom is 0.144 e. The molecule has 8 nitrogen and oxygen atoms in total. The van der Waals surface area contributed by atoms with E-state index in [2.05, 4.69) is 30.4 Å². The lowest BCUT2D eigenvalue weighted by Crippen LogP contribution is -2.17. The van der Waals surface area contributed by atoms with Crippen LogP contribution in [0.4, 0.5) is 0 Å². The molecule has 4 aromatic heterocycles. The molecule has 0 bridgehead atoms. The largest absolute Gasteiger partial charge is 0.299 e. The molecule has 2 atom stereocenters. The van der Waals surface area contributed by atoms with Gasteiger partial charge in [0, 0.05) is 35.4 Å². The number of hydrogen-bond acceptors (Lipinski definition) is 10. The topological polar surface area (TPSA) is 111 Å². The SMILES string of the molecule is O=C(Cc1cscn1)Cc1ccc([C@H]2CCC[C@H](c3ccc(CC(=O)Cc4cscn4)nn3)C2)nn1. The molecule has 5 rings (SSSR count). The Morgan fingerprint density at radius 3 is 1.53 bits per heavy atom. The number of rotatable bonds is 10. The molecule has 0 saturated heterocycles. The van der Waals surface area contributed by atoms with Gasteiger partial charge in [-0.15, -0.1) is 22.7 Å². The molecule has 36 heavy (non-hydrogen) atoms. The Balaban J connectivity index is 1.15. The smallest absolute Gasteiger partial charge is 0.144 e. The van der Waals surface area contributed by atoms with Crippen LogP contribution < -0.4 is 0 Å². The van der Waals surface area contributed by atoms with Crippen molar-refractivity contribution in [2.75, 3.05) is 0 Å². The van der Waals surface area contributed by atoms with Gasteiger partial charge < -0.3 is 0 Å². The minimum absolute atomic E-state index is 0.0903. The molecule has 0 aliphatic heterocycles. The van der Waals surface area contributed by atoms with Crippen molar-refractivity contribution in [1.82, 2.24) is 30.4 Å². The highest BCUT2D eigenvalue weighted by Gasteiger charge is 2.27. The van der Waals surface area contributed by atoms with Crippen LogP contribution in [0.3, 0.4) is 0 Å². The molecular formula is C26H26N6O2S2. The summed E-state index contributed by atoms with van der Waals surface area (Å²) in [5, 5.41) is 21.4. The number of thiazole rings is 2. The van der Waals surface area contributed by atoms with E-state index in [1.54, 1.807) is 11.0 Å². The highest BCUT2D eigenvalue weighted by atomic mass is 32.1. The average molecular weight is 519 g/mol. The third kappa shape index (κ3) is 6.50. The van der Waals surface area contributed by atoms with Gasteiger partial charge >= 0.3 is 0 Å². The first kappa shape index (κ1) is 24.5. The van der Waals surface area contributed by atoms with Gasteiger partial charge in [-0.2, -0.15) is 20.4 Å². The summed E-state index contributed by atoms with van der Waals surface area (Å²) >= 11 is 2.98. The number of ketones is 2. The van der Waals surface area contributed by atoms with Gasteiger partial charge in [-0.3, -0.25) is 9.59 Å². The van der Waals surface area contributed by atoms with Crippen LogP contribution in [0.1, 0.15) is 71.7 Å². The minimum Gasteiger partial charge on any atom is -0.299 e. The molecule has 1 aliphatic carbocycles. The van der Waals surface area contributed by atoms with Gasteiger partial charge in [-0.1, -0.05) is 6.42 Å². The van der Waals surface area contributed by atoms with Crippen molar-refractivity contribution in [3.05, 3.63) is 80.2 Å². The van der Waals surface area contributed by atoms with E-state index < -0.39 is 0 Å². The Bertz CT molecular complexity index is 1180. The van der Waals surface area contributed by atoms with Gasteiger partial charge in [-0.05, 0) is 43.5 Å². The molecule has 1 saturated carbocycles. The van der Waals surface area contributed by atoms with E-state index >= 15 is 0 Å². The van der Waals surface area contributed by atoms with Crippen LogP contribution in [0.5, 0.6) is 0 Å². The summed E-state index contributed by atoms with van der Waals surface area (Å²) in [6, 6.07) is 7.85. The number of hydrogen-bond donors (Lipinski definition) is 0. The quantitative estimate of drug-likeness (QED) is 0.305. The zero-order valence-corrected chi connectivity index (χ0v) is 21.4. The van der Waals surface area contributed by atoms with Crippen LogP contribution in [0, 0.1) is 0 Å². The number of Topliss-reactive ketones (excluding diaryl/α,β-unsaturated/α-hetero) is 2. The van der Waals surface area contributed by atoms with Crippen LogP contribution >= 0.6 is 22.7 Å². The van der Waals surface area contributed by atoms with E-state index in [4.69, 9.17) is 0 Å². The summed E-state index contributed by atoms with van der Waals surface area (Å²) in [4.78, 5) is 32.9. The fourth-order valence-corrected chi connectivity index (χ4v) is 5.79. The van der Waals surface area contributed by atoms with Crippen molar-refractivity contribution < 1.29 is 9.59 Å². The molecule has 4 heterocycles. The predicted molar refractivity (Wildman–Crippen MR) is 137 cm³/mol. The fourth-order valence-electron chi connectivity index (χ4n) is 4.67. The molecule has 184 valence electrons. The van der Waals surface area contributed by atoms with Crippen molar-refractivity contribution >= 4 is 34.2 Å². The van der Waals surface area contributed by atoms with Crippen molar-refractivity contribution in [1.29, 1.82) is 0 Å². The van der Waals surface area contributed by atoms with Crippen molar-refractivity contribution in [3.8, 4) is 0 Å². The number of carbonyl (C=O) groups is 2. The molecule has 0 N–H and O–H groups in total. The highest BCUT2D eigenvalue weighted by Crippen LogP contribution is 2.39. The number of aromatic nitrogens is 6. The van der Waals surface area contributed by atoms with Crippen molar-refractivity contribution in [2.45, 2.75) is 63.2 Å². The van der Waals surface area contributed by atoms with E-state index in [0.717, 1.165) is 48.5 Å². The zero-order chi connectivity index (χ0) is 24.7. The first-order valence-electron chi connectivity index (χ1n) is 12.0. The monoisotopic (exact) mass is 518 g/mol. The third-order valence-electron chi connectivity index (χ3n) is 6.47. The Morgan fingerprint density at radius 1 is 0.667 bits per heavy atom. The molecule has 0 unspecified atom stereocenters. The van der Waals surface area contributed by atoms with Crippen LogP contribution in [0.2, 0.25) is 0 Å². The second-order valence-electron chi connectivity index (χ2n) is 9.20. The molecule has 0 aromatic carbocycles. The average Bonchev–Trinajstić information content (AvgIpc) is 3.59. The van der Waals surface area contributed by atoms with Gasteiger partial charge in [0.05, 0.1) is 58.0 Å². The van der Waals surface area contributed by atoms with E-state index in [9.17, 15) is 9.59 Å². The van der Waals surface area contributed by atoms with E-state index in [-0.39, 0.29) is 24.4 Å². The first-order chi connectivity index (χ1) is 17.6. The molecule has 1 aliphatic rings. The summed E-state index contributed by atoms with van der Waals surface area (Å²) in [6.07, 6.45) is 5.34. The van der Waals surface area contributed by atoms with E-state index in [0.29, 0.717) is 36.1 Å². The van der Waals surface area contributed by atoms with Gasteiger partial charge in [0.25, 0.3) is 0 Å². The van der Waals surface area contributed by atoms with Crippen LogP contribution in [-0.2, 0) is 35.3 Å². The third-order valence-corrected chi connectivity index (χ3v) is 7.74. The standard InChI is InChI=1S/C26H26N6O2S2/c33-23(11-21-13-35-15-27-21)9-19-4-6-25(31-29-19)17-2-1-3-18(8-17)26-7-5-20(30-32-26)10-24(34)12-22-14-36-16-28-22/h4-7,13-18H,1-3,8-12H2/t17-,18-/m0/s1. The van der Waals surface area contributed by atoms with Gasteiger partial charge in [0.1, 0.15) is 11.6 Å². The normalized spacial score (nSPS) is 17.7. The Hall–Kier alpha value is -3.24. The lowest BCUT2D eigenvalue weighted by molar-refractivity contribution is -0.118. The summed E-state index contributed by atoms with van der Waals surface area (Å²) in [5.74, 6) is 0.786. The Morgan fingerprint density at radius 2 is 1.14 bits per heavy atom. The summed E-state index contributed by atoms with van der Waals surface area (Å²) in [5.41, 5.74) is 8.40. The molecule has 0 spiro atoms. The van der Waals surface area contributed by atoms with E-state index in [1.807, 2.05) is 35.0 Å². The predicted octanol–water partition coefficient (Wildman–Crippen LogP) is 4.33. The van der Waals surface area contributed by atoms with Crippen LogP contribution in [-0.4, -0.2) is 41.9 Å². The highest BCUT2D eigenvalue weighted by molar-refractivity contribution is 7.07. The summed E-state index contributed by atoms with van der Waals surface area (Å²) in [7, 11) is 0. The lowest BCUT2D eigenvalue weighted by Gasteiger charge is -2.28. The summed E-state index contributed by atoms with van der Waals surface area (Å²) in [6.45, 7) is 0. The number of carbonyl (C=O) groups excluding carboxylic acids is 2. The molecule has 10 heteroatoms. The second kappa shape index (κ2) is 11.7. The number of nitrogens with zero attached hydrogens (tertiary/aromatic N) is 6. The molecular weight excluding hydrogens is 492 g/mol. The first-order valence-corrected chi connectivity index (χ1v) is 13.9. The van der Waals surface area contributed by atoms with Gasteiger partial charge in [0.15, 0.2) is 0 Å². The maximum atomic E-state index is 12.3. The van der Waals surface area contributed by atoms with Crippen molar-refractivity contribution in [3.63, 3.8) is 0 Å². The summed E-state index contributed by atoms with van der Waals surface area (Å²) < 4.78 is 0. The van der Waals surface area contributed by atoms with E-state index in [1.165, 1.54) is 22.7 Å². The molecule has 1 fully saturated rings. The molecule has 0 amide bonds. The van der Waals surface area contributed by atoms with Crippen molar-refractivity contribution in [2.24, 2.45) is 0 Å². The van der Waals surface area contributed by atoms with Crippen LogP contribution in [0.25, 0.3) is 0 Å².